The van der Waals surface area contributed by atoms with E-state index in [1.807, 2.05) is 24.3 Å². The van der Waals surface area contributed by atoms with Crippen molar-refractivity contribution in [3.8, 4) is 28.3 Å². The number of ether oxygens (including phenoxy) is 3. The second-order valence-corrected chi connectivity index (χ2v) is 23.2. The number of nitrogens with zero attached hydrogens (tertiary/aromatic N) is 3. The molecule has 80 heavy (non-hydrogen) atoms. The molecule has 2 aliphatic heterocycles. The zero-order chi connectivity index (χ0) is 55.4. The van der Waals surface area contributed by atoms with Gasteiger partial charge in [0.2, 0.25) is 5.69 Å². The maximum Gasteiger partial charge on any atom is 0.209 e. The summed E-state index contributed by atoms with van der Waals surface area (Å²) in [5, 5.41) is 12.7. The molecule has 0 atom stereocenters. The zero-order valence-electron chi connectivity index (χ0n) is 47.5. The van der Waals surface area contributed by atoms with Crippen LogP contribution in [-0.2, 0) is 26.6 Å². The number of fused-ring (bicyclic) bond motifs is 8. The van der Waals surface area contributed by atoms with Crippen molar-refractivity contribution in [3.05, 3.63) is 257 Å². The van der Waals surface area contributed by atoms with Crippen molar-refractivity contribution in [2.75, 3.05) is 45.4 Å². The van der Waals surface area contributed by atoms with Gasteiger partial charge in [-0.3, -0.25) is 0 Å². The number of aliphatic hydroxyl groups is 1. The van der Waals surface area contributed by atoms with Gasteiger partial charge in [0.05, 0.1) is 37.3 Å². The SMILES string of the molecule is COc1ccc(C(OCCC[N+]2=C(/C=C/C=C/C=C3/N(CCCO)c4cc5c(cc4C3(C)C)-c3ccccc3C5(C)C)C(C)(C)c3cc(-n4c5ccccc5c5ccccc54)ccc32)(c2ccccc2)c2ccc(OC)cc2)cc1. The van der Waals surface area contributed by atoms with Gasteiger partial charge in [0.15, 0.2) is 12.3 Å². The number of aromatic nitrogens is 1. The zero-order valence-corrected chi connectivity index (χ0v) is 47.5. The molecule has 0 bridgehead atoms. The van der Waals surface area contributed by atoms with E-state index < -0.39 is 5.60 Å². The number of hydrogen-bond donors (Lipinski definition) is 1. The number of para-hydroxylation sites is 2. The molecule has 3 heterocycles. The lowest BCUT2D eigenvalue weighted by Crippen LogP contribution is -2.34. The standard InChI is InChI=1S/C73H72N3O4/c1-70(2)60-28-18-15-25-56(60)59-48-63-67(49-61(59)70)75(43-21-45-77)69(72(63,5)6)32-14-10-13-31-68-71(3,4)62-47-53(76-64-29-19-16-26-57(64)58-27-17-20-30-65(58)76)37-42-66(62)74(68)44-22-46-80-73(50-23-11-9-12-24-50,51-33-38-54(78-7)39-34-51)52-35-40-55(79-8)41-36-52/h9-20,23-42,47-49,77H,21-22,43-46H2,1-8H3/q+1. The van der Waals surface area contributed by atoms with Crippen molar-refractivity contribution in [2.24, 2.45) is 0 Å². The van der Waals surface area contributed by atoms with Gasteiger partial charge in [-0.25, -0.2) is 0 Å². The quantitative estimate of drug-likeness (QED) is 0.0426. The van der Waals surface area contributed by atoms with Crippen molar-refractivity contribution in [1.82, 2.24) is 4.57 Å². The molecule has 12 rings (SSSR count). The monoisotopic (exact) mass is 1050 g/mol. The highest BCUT2D eigenvalue weighted by Crippen LogP contribution is 2.56. The van der Waals surface area contributed by atoms with Crippen molar-refractivity contribution < 1.29 is 23.9 Å². The number of allylic oxidation sites excluding steroid dienone is 6. The first kappa shape index (κ1) is 52.5. The van der Waals surface area contributed by atoms with Crippen LogP contribution in [0.4, 0.5) is 11.4 Å². The van der Waals surface area contributed by atoms with Crippen molar-refractivity contribution in [3.63, 3.8) is 0 Å². The van der Waals surface area contributed by atoms with Crippen LogP contribution in [0.1, 0.15) is 93.3 Å². The largest absolute Gasteiger partial charge is 0.497 e. The van der Waals surface area contributed by atoms with Crippen LogP contribution < -0.4 is 14.4 Å². The molecule has 402 valence electrons. The van der Waals surface area contributed by atoms with Gasteiger partial charge >= 0.3 is 0 Å². The van der Waals surface area contributed by atoms with Crippen LogP contribution in [0, 0.1) is 0 Å². The average molecular weight is 1060 g/mol. The predicted octanol–water partition coefficient (Wildman–Crippen LogP) is 16.1. The third-order valence-electron chi connectivity index (χ3n) is 17.6. The normalized spacial score (nSPS) is 16.3. The van der Waals surface area contributed by atoms with Gasteiger partial charge in [-0.15, -0.1) is 0 Å². The fourth-order valence-electron chi connectivity index (χ4n) is 13.5. The highest BCUT2D eigenvalue weighted by atomic mass is 16.5. The van der Waals surface area contributed by atoms with Gasteiger partial charge in [-0.05, 0) is 132 Å². The Morgan fingerprint density at radius 1 is 0.537 bits per heavy atom. The fraction of sp³-hybridized carbons (Fsp3) is 0.247. The summed E-state index contributed by atoms with van der Waals surface area (Å²) in [6.45, 7) is 16.2. The van der Waals surface area contributed by atoms with Crippen LogP contribution in [0.3, 0.4) is 0 Å². The third-order valence-corrected chi connectivity index (χ3v) is 17.6. The molecule has 0 unspecified atom stereocenters. The van der Waals surface area contributed by atoms with Gasteiger partial charge in [-0.1, -0.05) is 161 Å². The Kier molecular flexibility index (Phi) is 13.6. The van der Waals surface area contributed by atoms with E-state index in [1.165, 1.54) is 78.0 Å². The Labute approximate surface area is 472 Å². The van der Waals surface area contributed by atoms with Gasteiger partial charge in [-0.2, -0.15) is 4.58 Å². The summed E-state index contributed by atoms with van der Waals surface area (Å²) in [5.41, 5.74) is 17.9. The molecule has 7 heteroatoms. The smallest absolute Gasteiger partial charge is 0.209 e. The summed E-state index contributed by atoms with van der Waals surface area (Å²) in [4.78, 5) is 2.46. The van der Waals surface area contributed by atoms with Crippen LogP contribution >= 0.6 is 0 Å². The average Bonchev–Trinajstić information content (AvgIpc) is 4.10. The van der Waals surface area contributed by atoms with E-state index >= 15 is 0 Å². The Morgan fingerprint density at radius 2 is 1.15 bits per heavy atom. The van der Waals surface area contributed by atoms with Crippen LogP contribution in [0.5, 0.6) is 11.5 Å². The second-order valence-electron chi connectivity index (χ2n) is 23.2. The lowest BCUT2D eigenvalue weighted by atomic mass is 9.79. The first-order chi connectivity index (χ1) is 38.8. The van der Waals surface area contributed by atoms with Gasteiger partial charge in [0.25, 0.3) is 0 Å². The van der Waals surface area contributed by atoms with Crippen LogP contribution in [-0.4, -0.2) is 60.5 Å². The number of rotatable bonds is 17. The maximum absolute atomic E-state index is 10.2. The van der Waals surface area contributed by atoms with E-state index in [-0.39, 0.29) is 22.9 Å². The highest BCUT2D eigenvalue weighted by molar-refractivity contribution is 6.09. The predicted molar refractivity (Wildman–Crippen MR) is 329 cm³/mol. The molecule has 0 amide bonds. The van der Waals surface area contributed by atoms with E-state index in [0.717, 1.165) is 53.4 Å². The molecule has 9 aromatic rings. The number of methoxy groups -OCH3 is 2. The van der Waals surface area contributed by atoms with E-state index in [9.17, 15) is 5.11 Å². The Balaban J connectivity index is 0.908. The minimum atomic E-state index is -0.921. The highest BCUT2D eigenvalue weighted by Gasteiger charge is 2.46. The summed E-state index contributed by atoms with van der Waals surface area (Å²) < 4.78 is 23.7. The van der Waals surface area contributed by atoms with E-state index in [1.54, 1.807) is 14.2 Å². The van der Waals surface area contributed by atoms with Crippen molar-refractivity contribution >= 4 is 38.9 Å². The molecule has 0 saturated heterocycles. The molecule has 0 saturated carbocycles. The molecule has 0 radical (unpaired) electrons. The van der Waals surface area contributed by atoms with E-state index in [0.29, 0.717) is 13.0 Å². The van der Waals surface area contributed by atoms with Gasteiger partial charge in [0.1, 0.15) is 17.1 Å². The first-order valence-corrected chi connectivity index (χ1v) is 28.3. The number of aliphatic hydroxyl groups excluding tert-OH is 1. The van der Waals surface area contributed by atoms with Crippen LogP contribution in [0.25, 0.3) is 38.6 Å². The van der Waals surface area contributed by atoms with Crippen molar-refractivity contribution in [1.29, 1.82) is 0 Å². The Morgan fingerprint density at radius 3 is 1.80 bits per heavy atom. The second kappa shape index (κ2) is 20.8. The molecule has 1 aromatic heterocycles. The molecule has 0 fully saturated rings. The molecular weight excluding hydrogens is 983 g/mol. The Hall–Kier alpha value is -8.23. The third kappa shape index (κ3) is 8.61. The molecule has 1 N–H and O–H groups in total. The number of hydrogen-bond acceptors (Lipinski definition) is 5. The van der Waals surface area contributed by atoms with Crippen LogP contribution in [0.2, 0.25) is 0 Å². The lowest BCUT2D eigenvalue weighted by molar-refractivity contribution is -0.439. The summed E-state index contributed by atoms with van der Waals surface area (Å²) in [5.74, 6) is 1.58. The van der Waals surface area contributed by atoms with Gasteiger partial charge < -0.3 is 28.8 Å². The molecule has 7 nitrogen and oxygen atoms in total. The van der Waals surface area contributed by atoms with Crippen molar-refractivity contribution in [2.45, 2.75) is 76.2 Å². The first-order valence-electron chi connectivity index (χ1n) is 28.3. The maximum atomic E-state index is 10.2. The van der Waals surface area contributed by atoms with E-state index in [4.69, 9.17) is 14.2 Å². The Bertz CT molecular complexity index is 3830. The molecule has 0 spiro atoms. The molecule has 8 aromatic carbocycles. The summed E-state index contributed by atoms with van der Waals surface area (Å²) in [6.07, 6.45) is 12.6. The fourth-order valence-corrected chi connectivity index (χ4v) is 13.5. The topological polar surface area (TPSA) is 59.1 Å². The molecular formula is C73H72N3O4+. The molecule has 1 aliphatic carbocycles. The summed E-state index contributed by atoms with van der Waals surface area (Å²) in [6, 6.07) is 65.4. The lowest BCUT2D eigenvalue weighted by Gasteiger charge is -2.36. The van der Waals surface area contributed by atoms with E-state index in [2.05, 4.69) is 244 Å². The van der Waals surface area contributed by atoms with Crippen LogP contribution in [0.15, 0.2) is 218 Å². The molecule has 3 aliphatic rings. The minimum absolute atomic E-state index is 0.106. The summed E-state index contributed by atoms with van der Waals surface area (Å²) >= 11 is 0. The minimum Gasteiger partial charge on any atom is -0.497 e. The number of anilines is 1. The van der Waals surface area contributed by atoms with Gasteiger partial charge in [0, 0.05) is 76.0 Å². The summed E-state index contributed by atoms with van der Waals surface area (Å²) in [7, 11) is 3.40. The number of benzene rings is 8.